The SMILES string of the molecule is CCN(C(=O)C(C)(N)C(F)(F)F)C1COCC1C(=O)O. The second-order valence-corrected chi connectivity index (χ2v) is 4.84. The van der Waals surface area contributed by atoms with E-state index in [2.05, 4.69) is 0 Å². The van der Waals surface area contributed by atoms with Gasteiger partial charge >= 0.3 is 12.1 Å². The largest absolute Gasteiger partial charge is 0.481 e. The average Bonchev–Trinajstić information content (AvgIpc) is 2.77. The van der Waals surface area contributed by atoms with Crippen LogP contribution >= 0.6 is 0 Å². The van der Waals surface area contributed by atoms with Gasteiger partial charge in [0.25, 0.3) is 5.91 Å². The molecule has 0 aromatic rings. The summed E-state index contributed by atoms with van der Waals surface area (Å²) in [6.45, 7) is 1.69. The number of amides is 1. The third kappa shape index (κ3) is 2.88. The summed E-state index contributed by atoms with van der Waals surface area (Å²) in [4.78, 5) is 23.9. The maximum absolute atomic E-state index is 12.8. The predicted octanol–water partition coefficient (Wildman–Crippen LogP) is 0.214. The molecule has 1 amide bonds. The molecule has 0 aliphatic carbocycles. The van der Waals surface area contributed by atoms with E-state index in [9.17, 15) is 22.8 Å². The van der Waals surface area contributed by atoms with E-state index in [-0.39, 0.29) is 19.8 Å². The van der Waals surface area contributed by atoms with Crippen LogP contribution in [0, 0.1) is 5.92 Å². The van der Waals surface area contributed by atoms with Gasteiger partial charge in [-0.3, -0.25) is 9.59 Å². The van der Waals surface area contributed by atoms with Gasteiger partial charge in [-0.1, -0.05) is 0 Å². The minimum Gasteiger partial charge on any atom is -0.481 e. The van der Waals surface area contributed by atoms with Gasteiger partial charge in [-0.25, -0.2) is 0 Å². The van der Waals surface area contributed by atoms with Gasteiger partial charge in [0.15, 0.2) is 5.54 Å². The summed E-state index contributed by atoms with van der Waals surface area (Å²) in [5.74, 6) is -3.62. The normalized spacial score (nSPS) is 26.1. The second kappa shape index (κ2) is 5.57. The lowest BCUT2D eigenvalue weighted by atomic mass is 9.96. The van der Waals surface area contributed by atoms with Crippen LogP contribution in [-0.4, -0.2) is 59.4 Å². The average molecular weight is 298 g/mol. The number of nitrogens with two attached hydrogens (primary N) is 1. The van der Waals surface area contributed by atoms with Crippen molar-refractivity contribution in [1.82, 2.24) is 4.90 Å². The molecule has 3 atom stereocenters. The molecule has 116 valence electrons. The monoisotopic (exact) mass is 298 g/mol. The molecule has 0 spiro atoms. The highest BCUT2D eigenvalue weighted by Gasteiger charge is 2.56. The van der Waals surface area contributed by atoms with E-state index in [4.69, 9.17) is 15.6 Å². The smallest absolute Gasteiger partial charge is 0.415 e. The van der Waals surface area contributed by atoms with E-state index in [1.165, 1.54) is 6.92 Å². The van der Waals surface area contributed by atoms with Crippen LogP contribution in [0.15, 0.2) is 0 Å². The number of carbonyl (C=O) groups excluding carboxylic acids is 1. The zero-order valence-electron chi connectivity index (χ0n) is 11.1. The van der Waals surface area contributed by atoms with Crippen LogP contribution in [0.5, 0.6) is 0 Å². The minimum atomic E-state index is -4.92. The number of carboxylic acids is 1. The fraction of sp³-hybridized carbons (Fsp3) is 0.818. The summed E-state index contributed by atoms with van der Waals surface area (Å²) < 4.78 is 43.4. The highest BCUT2D eigenvalue weighted by Crippen LogP contribution is 2.31. The summed E-state index contributed by atoms with van der Waals surface area (Å²) in [7, 11) is 0. The molecule has 1 aliphatic rings. The zero-order chi connectivity index (χ0) is 15.7. The van der Waals surface area contributed by atoms with E-state index in [0.29, 0.717) is 6.92 Å². The minimum absolute atomic E-state index is 0.0838. The molecule has 3 unspecified atom stereocenters. The van der Waals surface area contributed by atoms with Crippen molar-refractivity contribution in [2.75, 3.05) is 19.8 Å². The number of ether oxygens (including phenoxy) is 1. The Morgan fingerprint density at radius 3 is 2.35 bits per heavy atom. The number of carbonyl (C=O) groups is 2. The van der Waals surface area contributed by atoms with Crippen LogP contribution in [-0.2, 0) is 14.3 Å². The van der Waals surface area contributed by atoms with Crippen molar-refractivity contribution in [3.05, 3.63) is 0 Å². The van der Waals surface area contributed by atoms with Crippen LogP contribution in [0.4, 0.5) is 13.2 Å². The molecular weight excluding hydrogens is 281 g/mol. The molecule has 9 heteroatoms. The van der Waals surface area contributed by atoms with Crippen molar-refractivity contribution in [2.45, 2.75) is 31.6 Å². The van der Waals surface area contributed by atoms with Gasteiger partial charge in [0.1, 0.15) is 5.92 Å². The summed E-state index contributed by atoms with van der Waals surface area (Å²) in [6, 6.07) is -0.949. The third-order valence-corrected chi connectivity index (χ3v) is 3.40. The van der Waals surface area contributed by atoms with Gasteiger partial charge in [0.05, 0.1) is 19.3 Å². The Labute approximate surface area is 113 Å². The lowest BCUT2D eigenvalue weighted by molar-refractivity contribution is -0.195. The summed E-state index contributed by atoms with van der Waals surface area (Å²) >= 11 is 0. The summed E-state index contributed by atoms with van der Waals surface area (Å²) in [5, 5.41) is 9.00. The Bertz CT molecular complexity index is 398. The molecule has 0 aromatic heterocycles. The first-order valence-corrected chi connectivity index (χ1v) is 6.01. The van der Waals surface area contributed by atoms with Crippen LogP contribution in [0.2, 0.25) is 0 Å². The zero-order valence-corrected chi connectivity index (χ0v) is 11.1. The quantitative estimate of drug-likeness (QED) is 0.774. The molecule has 3 N–H and O–H groups in total. The molecule has 0 saturated carbocycles. The van der Waals surface area contributed by atoms with Crippen LogP contribution in [0.1, 0.15) is 13.8 Å². The molecule has 0 bridgehead atoms. The van der Waals surface area contributed by atoms with Crippen LogP contribution < -0.4 is 5.73 Å². The van der Waals surface area contributed by atoms with E-state index in [1.54, 1.807) is 0 Å². The Hall–Kier alpha value is -1.35. The number of likely N-dealkylation sites (N-methyl/N-ethyl adjacent to an activating group) is 1. The first-order valence-electron chi connectivity index (χ1n) is 6.01. The molecular formula is C11H17F3N2O4. The van der Waals surface area contributed by atoms with Gasteiger partial charge in [0, 0.05) is 6.54 Å². The first-order chi connectivity index (χ1) is 9.04. The molecule has 6 nitrogen and oxygen atoms in total. The number of halogens is 3. The number of nitrogens with zero attached hydrogens (tertiary/aromatic N) is 1. The maximum Gasteiger partial charge on any atom is 0.415 e. The fourth-order valence-electron chi connectivity index (χ4n) is 2.03. The number of carboxylic acid groups (broad SMARTS) is 1. The standard InChI is InChI=1S/C11H17F3N2O4/c1-3-16(7-5-20-4-6(7)8(17)18)9(19)10(2,15)11(12,13)14/h6-7H,3-5,15H2,1-2H3,(H,17,18). The maximum atomic E-state index is 12.8. The number of rotatable bonds is 4. The molecule has 1 rings (SSSR count). The molecule has 20 heavy (non-hydrogen) atoms. The van der Waals surface area contributed by atoms with Gasteiger partial charge in [-0.2, -0.15) is 13.2 Å². The van der Waals surface area contributed by atoms with Crippen molar-refractivity contribution in [3.8, 4) is 0 Å². The second-order valence-electron chi connectivity index (χ2n) is 4.84. The Balaban J connectivity index is 3.02. The van der Waals surface area contributed by atoms with Crippen molar-refractivity contribution in [1.29, 1.82) is 0 Å². The Morgan fingerprint density at radius 2 is 1.95 bits per heavy atom. The Morgan fingerprint density at radius 1 is 1.40 bits per heavy atom. The number of aliphatic carboxylic acids is 1. The molecule has 1 aliphatic heterocycles. The molecule has 1 fully saturated rings. The highest BCUT2D eigenvalue weighted by atomic mass is 19.4. The molecule has 1 saturated heterocycles. The van der Waals surface area contributed by atoms with Crippen LogP contribution in [0.25, 0.3) is 0 Å². The molecule has 0 radical (unpaired) electrons. The topological polar surface area (TPSA) is 92.9 Å². The van der Waals surface area contributed by atoms with E-state index in [0.717, 1.165) is 4.90 Å². The van der Waals surface area contributed by atoms with Crippen molar-refractivity contribution < 1.29 is 32.6 Å². The number of hydrogen-bond acceptors (Lipinski definition) is 4. The van der Waals surface area contributed by atoms with Crippen molar-refractivity contribution >= 4 is 11.9 Å². The fourth-order valence-corrected chi connectivity index (χ4v) is 2.03. The van der Waals surface area contributed by atoms with E-state index in [1.807, 2.05) is 0 Å². The lowest BCUT2D eigenvalue weighted by Gasteiger charge is -2.36. The van der Waals surface area contributed by atoms with Gasteiger partial charge in [0.2, 0.25) is 0 Å². The predicted molar refractivity (Wildman–Crippen MR) is 61.8 cm³/mol. The highest BCUT2D eigenvalue weighted by molar-refractivity contribution is 5.87. The van der Waals surface area contributed by atoms with E-state index >= 15 is 0 Å². The molecule has 1 heterocycles. The Kier molecular flexibility index (Phi) is 4.65. The molecule has 0 aromatic carbocycles. The number of alkyl halides is 3. The van der Waals surface area contributed by atoms with Crippen LogP contribution in [0.3, 0.4) is 0 Å². The first kappa shape index (κ1) is 16.7. The summed E-state index contributed by atoms with van der Waals surface area (Å²) in [6.07, 6.45) is -4.92. The summed E-state index contributed by atoms with van der Waals surface area (Å²) in [5.41, 5.74) is 2.04. The van der Waals surface area contributed by atoms with E-state index < -0.39 is 35.6 Å². The van der Waals surface area contributed by atoms with Gasteiger partial charge < -0.3 is 20.5 Å². The van der Waals surface area contributed by atoms with Crippen molar-refractivity contribution in [3.63, 3.8) is 0 Å². The lowest BCUT2D eigenvalue weighted by Crippen LogP contribution is -2.64. The number of hydrogen-bond donors (Lipinski definition) is 2. The van der Waals surface area contributed by atoms with Gasteiger partial charge in [-0.05, 0) is 13.8 Å². The van der Waals surface area contributed by atoms with Crippen molar-refractivity contribution in [2.24, 2.45) is 11.7 Å². The van der Waals surface area contributed by atoms with Gasteiger partial charge in [-0.15, -0.1) is 0 Å². The third-order valence-electron chi connectivity index (χ3n) is 3.40.